The molecule has 0 unspecified atom stereocenters. The summed E-state index contributed by atoms with van der Waals surface area (Å²) in [4.78, 5) is 0. The molecule has 0 saturated heterocycles. The van der Waals surface area contributed by atoms with E-state index in [0.717, 1.165) is 17.8 Å². The van der Waals surface area contributed by atoms with E-state index in [9.17, 15) is 5.11 Å². The first-order valence-electron chi connectivity index (χ1n) is 7.10. The van der Waals surface area contributed by atoms with Crippen LogP contribution in [0.3, 0.4) is 0 Å². The number of rotatable bonds is 1. The lowest BCUT2D eigenvalue weighted by Crippen LogP contribution is -2.39. The second-order valence-corrected chi connectivity index (χ2v) is 7.45. The van der Waals surface area contributed by atoms with Crippen LogP contribution >= 0.6 is 0 Å². The van der Waals surface area contributed by atoms with Gasteiger partial charge in [-0.3, -0.25) is 0 Å². The van der Waals surface area contributed by atoms with Gasteiger partial charge in [0.05, 0.1) is 6.10 Å². The summed E-state index contributed by atoms with van der Waals surface area (Å²) < 4.78 is 0. The molecule has 1 heteroatoms. The van der Waals surface area contributed by atoms with Crippen molar-refractivity contribution in [2.45, 2.75) is 59.5 Å². The van der Waals surface area contributed by atoms with E-state index >= 15 is 0 Å². The molecule has 0 heterocycles. The number of hydrogen-bond acceptors (Lipinski definition) is 1. The van der Waals surface area contributed by atoms with Crippen molar-refractivity contribution in [1.29, 1.82) is 0 Å². The fraction of sp³-hybridized carbons (Fsp3) is 1.00. The Labute approximate surface area is 99.6 Å². The third-order valence-electron chi connectivity index (χ3n) is 6.93. The van der Waals surface area contributed by atoms with Crippen LogP contribution in [0.4, 0.5) is 0 Å². The predicted octanol–water partition coefficient (Wildman–Crippen LogP) is 3.47. The van der Waals surface area contributed by atoms with Gasteiger partial charge in [-0.25, -0.2) is 0 Å². The predicted molar refractivity (Wildman–Crippen MR) is 66.0 cm³/mol. The van der Waals surface area contributed by atoms with Crippen LogP contribution < -0.4 is 0 Å². The molecule has 3 rings (SSSR count). The van der Waals surface area contributed by atoms with E-state index in [4.69, 9.17) is 0 Å². The molecule has 1 N–H and O–H groups in total. The van der Waals surface area contributed by atoms with Gasteiger partial charge in [-0.15, -0.1) is 0 Å². The van der Waals surface area contributed by atoms with Gasteiger partial charge in [0, 0.05) is 0 Å². The summed E-state index contributed by atoms with van der Waals surface area (Å²) in [6.07, 6.45) is 5.31. The third-order valence-corrected chi connectivity index (χ3v) is 6.93. The second kappa shape index (κ2) is 3.04. The van der Waals surface area contributed by atoms with Gasteiger partial charge in [-0.2, -0.15) is 0 Å². The first-order chi connectivity index (χ1) is 7.42. The van der Waals surface area contributed by atoms with Gasteiger partial charge < -0.3 is 5.11 Å². The van der Waals surface area contributed by atoms with Crippen molar-refractivity contribution in [3.63, 3.8) is 0 Å². The Bertz CT molecular complexity index is 309. The Hall–Kier alpha value is -0.0400. The van der Waals surface area contributed by atoms with E-state index in [1.54, 1.807) is 0 Å². The smallest absolute Gasteiger partial charge is 0.0632 e. The van der Waals surface area contributed by atoms with Crippen LogP contribution in [0.1, 0.15) is 53.4 Å². The SMILES string of the molecule is CC(C)[C@@H]1CC[C@@]2(C)[C@H]3CC[C@@]2(C)[C@@H](O)[C@@H]13. The molecule has 0 aromatic rings. The minimum absolute atomic E-state index is 0.0221. The molecule has 0 radical (unpaired) electrons. The van der Waals surface area contributed by atoms with E-state index in [-0.39, 0.29) is 11.5 Å². The van der Waals surface area contributed by atoms with E-state index in [0.29, 0.717) is 11.3 Å². The fourth-order valence-corrected chi connectivity index (χ4v) is 5.67. The van der Waals surface area contributed by atoms with Crippen LogP contribution in [0.15, 0.2) is 0 Å². The molecule has 0 aliphatic heterocycles. The monoisotopic (exact) mass is 222 g/mol. The van der Waals surface area contributed by atoms with Crippen molar-refractivity contribution in [3.8, 4) is 0 Å². The number of aliphatic hydroxyl groups excluding tert-OH is 1. The Morgan fingerprint density at radius 3 is 2.31 bits per heavy atom. The summed E-state index contributed by atoms with van der Waals surface area (Å²) in [6, 6.07) is 0. The molecule has 92 valence electrons. The molecule has 0 spiro atoms. The molecule has 0 aromatic carbocycles. The Morgan fingerprint density at radius 2 is 1.69 bits per heavy atom. The Balaban J connectivity index is 2.03. The lowest BCUT2D eigenvalue weighted by Gasteiger charge is -2.43. The summed E-state index contributed by atoms with van der Waals surface area (Å²) in [5.41, 5.74) is 0.675. The quantitative estimate of drug-likeness (QED) is 0.720. The van der Waals surface area contributed by atoms with E-state index in [1.165, 1.54) is 25.7 Å². The Kier molecular flexibility index (Phi) is 2.11. The highest BCUT2D eigenvalue weighted by atomic mass is 16.3. The van der Waals surface area contributed by atoms with E-state index < -0.39 is 0 Å². The molecular formula is C15H26O. The maximum atomic E-state index is 10.7. The first-order valence-corrected chi connectivity index (χ1v) is 7.10. The summed E-state index contributed by atoms with van der Waals surface area (Å²) in [7, 11) is 0. The lowest BCUT2D eigenvalue weighted by atomic mass is 9.61. The molecule has 3 fully saturated rings. The number of aliphatic hydroxyl groups is 1. The minimum atomic E-state index is -0.0221. The zero-order chi connectivity index (χ0) is 11.7. The van der Waals surface area contributed by atoms with Crippen molar-refractivity contribution in [2.75, 3.05) is 0 Å². The van der Waals surface area contributed by atoms with Gasteiger partial charge in [0.25, 0.3) is 0 Å². The fourth-order valence-electron chi connectivity index (χ4n) is 5.67. The molecule has 3 aliphatic rings. The Morgan fingerprint density at radius 1 is 1.06 bits per heavy atom. The molecule has 1 nitrogen and oxygen atoms in total. The van der Waals surface area contributed by atoms with Crippen molar-refractivity contribution >= 4 is 0 Å². The summed E-state index contributed by atoms with van der Waals surface area (Å²) in [5, 5.41) is 10.7. The molecule has 3 aliphatic carbocycles. The van der Waals surface area contributed by atoms with Gasteiger partial charge in [0.2, 0.25) is 0 Å². The van der Waals surface area contributed by atoms with Crippen molar-refractivity contribution in [1.82, 2.24) is 0 Å². The van der Waals surface area contributed by atoms with Gasteiger partial charge in [-0.1, -0.05) is 27.7 Å². The van der Waals surface area contributed by atoms with Crippen molar-refractivity contribution in [2.24, 2.45) is 34.5 Å². The van der Waals surface area contributed by atoms with Crippen molar-refractivity contribution < 1.29 is 5.11 Å². The standard InChI is InChI=1S/C15H26O/c1-9(2)10-5-7-14(3)11-6-8-15(14,4)13(16)12(10)11/h9-13,16H,5-8H2,1-4H3/t10-,11-,12-,13-,14-,15-/m0/s1. The summed E-state index contributed by atoms with van der Waals surface area (Å²) >= 11 is 0. The molecule has 0 amide bonds. The van der Waals surface area contributed by atoms with Gasteiger partial charge in [-0.05, 0) is 60.2 Å². The molecule has 6 atom stereocenters. The largest absolute Gasteiger partial charge is 0.392 e. The van der Waals surface area contributed by atoms with Gasteiger partial charge in [0.15, 0.2) is 0 Å². The highest BCUT2D eigenvalue weighted by Gasteiger charge is 2.70. The highest BCUT2D eigenvalue weighted by molar-refractivity contribution is 5.19. The molecule has 0 aromatic heterocycles. The van der Waals surface area contributed by atoms with Gasteiger partial charge in [0.1, 0.15) is 0 Å². The van der Waals surface area contributed by atoms with Crippen molar-refractivity contribution in [3.05, 3.63) is 0 Å². The second-order valence-electron chi connectivity index (χ2n) is 7.45. The maximum Gasteiger partial charge on any atom is 0.0632 e. The first kappa shape index (κ1) is 11.1. The van der Waals surface area contributed by atoms with Gasteiger partial charge >= 0.3 is 0 Å². The van der Waals surface area contributed by atoms with Crippen LogP contribution in [-0.4, -0.2) is 11.2 Å². The maximum absolute atomic E-state index is 10.7. The average Bonchev–Trinajstić information content (AvgIpc) is 2.53. The third kappa shape index (κ3) is 0.978. The topological polar surface area (TPSA) is 20.2 Å². The van der Waals surface area contributed by atoms with Crippen LogP contribution in [0.25, 0.3) is 0 Å². The normalized spacial score (nSPS) is 59.6. The van der Waals surface area contributed by atoms with E-state index in [2.05, 4.69) is 27.7 Å². The molecular weight excluding hydrogens is 196 g/mol. The molecule has 4 bridgehead atoms. The molecule has 16 heavy (non-hydrogen) atoms. The highest BCUT2D eigenvalue weighted by Crippen LogP contribution is 2.74. The van der Waals surface area contributed by atoms with E-state index in [1.807, 2.05) is 0 Å². The zero-order valence-corrected chi connectivity index (χ0v) is 11.2. The van der Waals surface area contributed by atoms with Crippen LogP contribution in [-0.2, 0) is 0 Å². The van der Waals surface area contributed by atoms with Crippen LogP contribution in [0, 0.1) is 34.5 Å². The van der Waals surface area contributed by atoms with Crippen LogP contribution in [0.5, 0.6) is 0 Å². The lowest BCUT2D eigenvalue weighted by molar-refractivity contribution is -0.0215. The molecule has 3 saturated carbocycles. The summed E-state index contributed by atoms with van der Waals surface area (Å²) in [5.74, 6) is 2.94. The minimum Gasteiger partial charge on any atom is -0.392 e. The van der Waals surface area contributed by atoms with Crippen LogP contribution in [0.2, 0.25) is 0 Å². The zero-order valence-electron chi connectivity index (χ0n) is 11.2. The number of hydrogen-bond donors (Lipinski definition) is 1. The summed E-state index contributed by atoms with van der Waals surface area (Å²) in [6.45, 7) is 9.51. The average molecular weight is 222 g/mol.